The third-order valence-corrected chi connectivity index (χ3v) is 7.98. The first-order valence-electron chi connectivity index (χ1n) is 15.1. The van der Waals surface area contributed by atoms with E-state index in [0.29, 0.717) is 47.5 Å². The van der Waals surface area contributed by atoms with Gasteiger partial charge < -0.3 is 29.7 Å². The molecule has 1 saturated carbocycles. The fourth-order valence-electron chi connectivity index (χ4n) is 4.99. The minimum atomic E-state index is -1.19. The highest BCUT2D eigenvalue weighted by Gasteiger charge is 2.56. The summed E-state index contributed by atoms with van der Waals surface area (Å²) in [5, 5.41) is 6.00. The summed E-state index contributed by atoms with van der Waals surface area (Å²) in [4.78, 5) is 36.9. The molecule has 2 amide bonds. The molecule has 4 aromatic rings. The summed E-state index contributed by atoms with van der Waals surface area (Å²) in [6, 6.07) is 14.8. The number of benzene rings is 3. The Kier molecular flexibility index (Phi) is 9.77. The number of hydrogen-bond donors (Lipinski definition) is 2. The number of carbonyl (C=O) groups is 2. The van der Waals surface area contributed by atoms with Crippen LogP contribution in [0.5, 0.6) is 23.1 Å². The van der Waals surface area contributed by atoms with Crippen molar-refractivity contribution in [2.45, 2.75) is 40.0 Å². The molecule has 1 aromatic heterocycles. The number of hydrogen-bond acceptors (Lipinski definition) is 8. The third-order valence-electron chi connectivity index (χ3n) is 7.98. The molecule has 1 fully saturated rings. The summed E-state index contributed by atoms with van der Waals surface area (Å²) in [5.74, 6) is -0.531. The van der Waals surface area contributed by atoms with E-state index in [2.05, 4.69) is 39.3 Å². The molecular formula is C34H38FN5O5. The molecule has 0 saturated heterocycles. The number of aryl methyl sites for hydroxylation is 1. The Bertz CT molecular complexity index is 1670. The fourth-order valence-corrected chi connectivity index (χ4v) is 4.99. The fraction of sp³-hybridized carbons (Fsp3) is 0.353. The van der Waals surface area contributed by atoms with Crippen molar-refractivity contribution in [3.05, 3.63) is 72.3 Å². The molecule has 1 aliphatic rings. The molecule has 45 heavy (non-hydrogen) atoms. The predicted octanol–water partition coefficient (Wildman–Crippen LogP) is 6.35. The topological polar surface area (TPSA) is 115 Å². The SMILES string of the molecule is CCN(CC)CCCOc1cc2ncnc(Oc3ccc(NC(=O)C4(C(=O)Nc5ccc(C)cc5)CC4)cc3F)c2cc1OC. The zero-order valence-electron chi connectivity index (χ0n) is 26.0. The van der Waals surface area contributed by atoms with Gasteiger partial charge in [-0.05, 0) is 69.6 Å². The lowest BCUT2D eigenvalue weighted by Gasteiger charge is -2.18. The Hall–Kier alpha value is -4.77. The molecule has 0 bridgehead atoms. The third kappa shape index (κ3) is 7.31. The number of fused-ring (bicyclic) bond motifs is 1. The number of anilines is 2. The van der Waals surface area contributed by atoms with Gasteiger partial charge in [0.15, 0.2) is 23.1 Å². The second-order valence-corrected chi connectivity index (χ2v) is 11.0. The van der Waals surface area contributed by atoms with E-state index < -0.39 is 17.1 Å². The molecule has 0 radical (unpaired) electrons. The predicted molar refractivity (Wildman–Crippen MR) is 171 cm³/mol. The molecule has 0 aliphatic heterocycles. The second-order valence-electron chi connectivity index (χ2n) is 11.0. The Balaban J connectivity index is 1.25. The van der Waals surface area contributed by atoms with E-state index in [1.807, 2.05) is 19.1 Å². The van der Waals surface area contributed by atoms with Gasteiger partial charge in [0, 0.05) is 30.1 Å². The second kappa shape index (κ2) is 13.9. The van der Waals surface area contributed by atoms with Crippen molar-refractivity contribution < 1.29 is 28.2 Å². The Morgan fingerprint density at radius 1 is 0.911 bits per heavy atom. The number of halogens is 1. The molecular weight excluding hydrogens is 577 g/mol. The number of amides is 2. The van der Waals surface area contributed by atoms with E-state index in [0.717, 1.165) is 37.7 Å². The van der Waals surface area contributed by atoms with Crippen LogP contribution in [0.1, 0.15) is 38.7 Å². The van der Waals surface area contributed by atoms with Crippen molar-refractivity contribution in [2.75, 3.05) is 44.0 Å². The van der Waals surface area contributed by atoms with Gasteiger partial charge in [-0.15, -0.1) is 0 Å². The van der Waals surface area contributed by atoms with Crippen LogP contribution in [0.3, 0.4) is 0 Å². The molecule has 1 aliphatic carbocycles. The summed E-state index contributed by atoms with van der Waals surface area (Å²) < 4.78 is 32.6. The van der Waals surface area contributed by atoms with E-state index in [-0.39, 0.29) is 23.2 Å². The van der Waals surface area contributed by atoms with E-state index in [4.69, 9.17) is 14.2 Å². The molecule has 0 unspecified atom stereocenters. The summed E-state index contributed by atoms with van der Waals surface area (Å²) in [5.41, 5.74) is 1.23. The van der Waals surface area contributed by atoms with Crippen molar-refractivity contribution in [3.63, 3.8) is 0 Å². The maximum absolute atomic E-state index is 15.2. The van der Waals surface area contributed by atoms with E-state index in [1.165, 1.54) is 18.5 Å². The molecule has 0 atom stereocenters. The van der Waals surface area contributed by atoms with Crippen molar-refractivity contribution in [3.8, 4) is 23.1 Å². The van der Waals surface area contributed by atoms with Crippen molar-refractivity contribution >= 4 is 34.1 Å². The van der Waals surface area contributed by atoms with Gasteiger partial charge >= 0.3 is 0 Å². The zero-order chi connectivity index (χ0) is 32.0. The number of carbonyl (C=O) groups excluding carboxylic acids is 2. The number of ether oxygens (including phenoxy) is 3. The summed E-state index contributed by atoms with van der Waals surface area (Å²) >= 11 is 0. The normalized spacial score (nSPS) is 13.4. The van der Waals surface area contributed by atoms with Gasteiger partial charge in [-0.25, -0.2) is 14.4 Å². The highest BCUT2D eigenvalue weighted by molar-refractivity contribution is 6.16. The van der Waals surface area contributed by atoms with Crippen LogP contribution in [0, 0.1) is 18.2 Å². The first kappa shape index (κ1) is 31.6. The van der Waals surface area contributed by atoms with Crippen molar-refractivity contribution in [1.29, 1.82) is 0 Å². The molecule has 1 heterocycles. The average Bonchev–Trinajstić information content (AvgIpc) is 3.86. The van der Waals surface area contributed by atoms with Crippen LogP contribution in [0.4, 0.5) is 15.8 Å². The Labute approximate surface area is 261 Å². The zero-order valence-corrected chi connectivity index (χ0v) is 26.0. The highest BCUT2D eigenvalue weighted by Crippen LogP contribution is 2.47. The molecule has 10 nitrogen and oxygen atoms in total. The quantitative estimate of drug-likeness (QED) is 0.125. The number of nitrogens with one attached hydrogen (secondary N) is 2. The van der Waals surface area contributed by atoms with E-state index >= 15 is 4.39 Å². The van der Waals surface area contributed by atoms with Crippen molar-refractivity contribution in [1.82, 2.24) is 14.9 Å². The van der Waals surface area contributed by atoms with Gasteiger partial charge in [-0.3, -0.25) is 9.59 Å². The molecule has 11 heteroatoms. The van der Waals surface area contributed by atoms with Gasteiger partial charge in [0.05, 0.1) is 24.6 Å². The first-order chi connectivity index (χ1) is 21.8. The number of aromatic nitrogens is 2. The summed E-state index contributed by atoms with van der Waals surface area (Å²) in [6.07, 6.45) is 3.01. The summed E-state index contributed by atoms with van der Waals surface area (Å²) in [6.45, 7) is 9.64. The lowest BCUT2D eigenvalue weighted by atomic mass is 10.0. The Morgan fingerprint density at radius 2 is 1.60 bits per heavy atom. The lowest BCUT2D eigenvalue weighted by Crippen LogP contribution is -2.35. The molecule has 0 spiro atoms. The minimum absolute atomic E-state index is 0.0954. The lowest BCUT2D eigenvalue weighted by molar-refractivity contribution is -0.131. The van der Waals surface area contributed by atoms with Gasteiger partial charge in [-0.2, -0.15) is 0 Å². The van der Waals surface area contributed by atoms with Crippen LogP contribution >= 0.6 is 0 Å². The largest absolute Gasteiger partial charge is 0.493 e. The molecule has 3 aromatic carbocycles. The Morgan fingerprint density at radius 3 is 2.24 bits per heavy atom. The highest BCUT2D eigenvalue weighted by atomic mass is 19.1. The monoisotopic (exact) mass is 615 g/mol. The molecule has 2 N–H and O–H groups in total. The number of methoxy groups -OCH3 is 1. The molecule has 236 valence electrons. The van der Waals surface area contributed by atoms with Crippen LogP contribution in [0.25, 0.3) is 10.9 Å². The number of rotatable bonds is 14. The van der Waals surface area contributed by atoms with Crippen LogP contribution in [-0.4, -0.2) is 60.0 Å². The van der Waals surface area contributed by atoms with Crippen LogP contribution < -0.4 is 24.8 Å². The van der Waals surface area contributed by atoms with Gasteiger partial charge in [-0.1, -0.05) is 31.5 Å². The van der Waals surface area contributed by atoms with E-state index in [1.54, 1.807) is 31.4 Å². The average molecular weight is 616 g/mol. The first-order valence-corrected chi connectivity index (χ1v) is 15.1. The van der Waals surface area contributed by atoms with Crippen LogP contribution in [-0.2, 0) is 9.59 Å². The minimum Gasteiger partial charge on any atom is -0.493 e. The maximum atomic E-state index is 15.2. The standard InChI is InChI=1S/C34H38FN5O5/c1-5-40(6-2)16-7-17-44-30-20-27-25(19-29(30)43-4)31(37-21-36-27)45-28-13-12-24(18-26(28)35)39-33(42)34(14-15-34)32(41)38-23-10-8-22(3)9-11-23/h8-13,18-21H,5-7,14-17H2,1-4H3,(H,38,41)(H,39,42). The summed E-state index contributed by atoms with van der Waals surface area (Å²) in [7, 11) is 1.54. The van der Waals surface area contributed by atoms with Gasteiger partial charge in [0.25, 0.3) is 0 Å². The van der Waals surface area contributed by atoms with E-state index in [9.17, 15) is 9.59 Å². The van der Waals surface area contributed by atoms with Gasteiger partial charge in [0.1, 0.15) is 11.7 Å². The maximum Gasteiger partial charge on any atom is 0.240 e. The van der Waals surface area contributed by atoms with Gasteiger partial charge in [0.2, 0.25) is 17.7 Å². The van der Waals surface area contributed by atoms with Crippen molar-refractivity contribution in [2.24, 2.45) is 5.41 Å². The van der Waals surface area contributed by atoms with Crippen LogP contribution in [0.2, 0.25) is 0 Å². The van der Waals surface area contributed by atoms with Crippen LogP contribution in [0.15, 0.2) is 60.9 Å². The smallest absolute Gasteiger partial charge is 0.240 e. The number of nitrogens with zero attached hydrogens (tertiary/aromatic N) is 3. The molecule has 5 rings (SSSR count).